The molecule has 1 unspecified atom stereocenters. The first kappa shape index (κ1) is 11.7. The maximum absolute atomic E-state index is 11.7. The quantitative estimate of drug-likeness (QED) is 0.792. The smallest absolute Gasteiger partial charge is 0.207 e. The molecule has 4 fully saturated rings. The maximum Gasteiger partial charge on any atom is 0.207 e. The molecule has 1 radical (unpaired) electrons. The molecule has 0 amide bonds. The van der Waals surface area contributed by atoms with Crippen LogP contribution in [0.1, 0.15) is 50.0 Å². The molecule has 0 aliphatic heterocycles. The molecule has 4 bridgehead atoms. The van der Waals surface area contributed by atoms with Crippen molar-refractivity contribution in [2.45, 2.75) is 44.4 Å². The average Bonchev–Trinajstić information content (AvgIpc) is 2.38. The van der Waals surface area contributed by atoms with Crippen molar-refractivity contribution in [1.29, 1.82) is 0 Å². The largest absolute Gasteiger partial charge is 0.290 e. The Morgan fingerprint density at radius 2 is 1.47 bits per heavy atom. The van der Waals surface area contributed by atoms with E-state index in [0.717, 1.165) is 17.8 Å². The van der Waals surface area contributed by atoms with E-state index in [9.17, 15) is 4.79 Å². The van der Waals surface area contributed by atoms with Gasteiger partial charge in [-0.3, -0.25) is 4.79 Å². The lowest BCUT2D eigenvalue weighted by Gasteiger charge is -2.58. The molecule has 19 heavy (non-hydrogen) atoms. The summed E-state index contributed by atoms with van der Waals surface area (Å²) in [6.07, 6.45) is 10.5. The van der Waals surface area contributed by atoms with Gasteiger partial charge in [0.05, 0.1) is 5.92 Å². The van der Waals surface area contributed by atoms with Crippen LogP contribution >= 0.6 is 0 Å². The summed E-state index contributed by atoms with van der Waals surface area (Å²) in [5.74, 6) is 2.70. The van der Waals surface area contributed by atoms with Crippen molar-refractivity contribution in [3.8, 4) is 0 Å². The van der Waals surface area contributed by atoms with Gasteiger partial charge in [-0.05, 0) is 67.3 Å². The van der Waals surface area contributed by atoms with Crippen LogP contribution in [0.25, 0.3) is 0 Å². The maximum atomic E-state index is 11.7. The summed E-state index contributed by atoms with van der Waals surface area (Å²) in [5, 5.41) is 0. The first-order chi connectivity index (χ1) is 9.29. The van der Waals surface area contributed by atoms with Gasteiger partial charge in [0.1, 0.15) is 0 Å². The van der Waals surface area contributed by atoms with Crippen LogP contribution in [-0.2, 0) is 4.79 Å². The molecule has 0 aromatic heterocycles. The van der Waals surface area contributed by atoms with E-state index in [-0.39, 0.29) is 11.3 Å². The molecule has 4 aliphatic rings. The first-order valence-corrected chi connectivity index (χ1v) is 7.72. The Kier molecular flexibility index (Phi) is 2.58. The van der Waals surface area contributed by atoms with Crippen molar-refractivity contribution in [2.75, 3.05) is 0 Å². The Morgan fingerprint density at radius 3 is 1.95 bits per heavy atom. The summed E-state index contributed by atoms with van der Waals surface area (Å²) in [7, 11) is 0. The van der Waals surface area contributed by atoms with Crippen molar-refractivity contribution in [1.82, 2.24) is 0 Å². The summed E-state index contributed by atoms with van der Waals surface area (Å²) in [6, 6.07) is 10.4. The van der Waals surface area contributed by atoms with Gasteiger partial charge in [0, 0.05) is 0 Å². The average molecular weight is 253 g/mol. The van der Waals surface area contributed by atoms with Gasteiger partial charge < -0.3 is 0 Å². The summed E-state index contributed by atoms with van der Waals surface area (Å²) < 4.78 is 0. The van der Waals surface area contributed by atoms with Crippen molar-refractivity contribution < 1.29 is 4.79 Å². The van der Waals surface area contributed by atoms with Gasteiger partial charge in [0.2, 0.25) is 6.29 Å². The molecule has 4 aliphatic carbocycles. The molecular formula is C18H21O. The highest BCUT2D eigenvalue weighted by molar-refractivity contribution is 5.65. The minimum absolute atomic E-state index is 0.0158. The Labute approximate surface area is 115 Å². The van der Waals surface area contributed by atoms with Crippen LogP contribution in [0, 0.1) is 23.2 Å². The second kappa shape index (κ2) is 4.19. The Morgan fingerprint density at radius 1 is 0.947 bits per heavy atom. The summed E-state index contributed by atoms with van der Waals surface area (Å²) in [6.45, 7) is 0. The van der Waals surface area contributed by atoms with Crippen LogP contribution in [0.3, 0.4) is 0 Å². The van der Waals surface area contributed by atoms with Crippen LogP contribution in [0.4, 0.5) is 0 Å². The van der Waals surface area contributed by atoms with Gasteiger partial charge >= 0.3 is 0 Å². The van der Waals surface area contributed by atoms with E-state index in [2.05, 4.69) is 30.6 Å². The normalized spacial score (nSPS) is 41.2. The van der Waals surface area contributed by atoms with E-state index in [1.807, 2.05) is 6.07 Å². The lowest BCUT2D eigenvalue weighted by atomic mass is 9.46. The van der Waals surface area contributed by atoms with Gasteiger partial charge in [0.15, 0.2) is 0 Å². The molecule has 0 N–H and O–H groups in total. The predicted molar refractivity (Wildman–Crippen MR) is 75.5 cm³/mol. The molecule has 5 rings (SSSR count). The number of rotatable bonds is 3. The zero-order valence-electron chi connectivity index (χ0n) is 11.3. The third-order valence-electron chi connectivity index (χ3n) is 5.95. The Hall–Kier alpha value is -1.11. The van der Waals surface area contributed by atoms with Crippen molar-refractivity contribution in [2.24, 2.45) is 23.2 Å². The van der Waals surface area contributed by atoms with Crippen molar-refractivity contribution in [3.05, 3.63) is 35.9 Å². The highest BCUT2D eigenvalue weighted by Crippen LogP contribution is 2.64. The molecule has 0 heterocycles. The highest BCUT2D eigenvalue weighted by Gasteiger charge is 2.54. The van der Waals surface area contributed by atoms with Crippen LogP contribution < -0.4 is 0 Å². The van der Waals surface area contributed by atoms with E-state index in [0.29, 0.717) is 0 Å². The van der Waals surface area contributed by atoms with E-state index in [1.54, 1.807) is 0 Å². The van der Waals surface area contributed by atoms with E-state index in [4.69, 9.17) is 0 Å². The molecule has 1 heteroatoms. The summed E-state index contributed by atoms with van der Waals surface area (Å²) >= 11 is 0. The molecular weight excluding hydrogens is 232 g/mol. The molecule has 0 spiro atoms. The highest BCUT2D eigenvalue weighted by atomic mass is 16.1. The number of carbonyl (C=O) groups excluding carboxylic acids is 1. The van der Waals surface area contributed by atoms with Gasteiger partial charge in [-0.1, -0.05) is 30.3 Å². The first-order valence-electron chi connectivity index (χ1n) is 7.72. The summed E-state index contributed by atoms with van der Waals surface area (Å²) in [4.78, 5) is 11.7. The molecule has 99 valence electrons. The van der Waals surface area contributed by atoms with E-state index < -0.39 is 0 Å². The minimum atomic E-state index is 0.0158. The number of hydrogen-bond donors (Lipinski definition) is 0. The van der Waals surface area contributed by atoms with E-state index in [1.165, 1.54) is 44.1 Å². The second-order valence-corrected chi connectivity index (χ2v) is 7.24. The van der Waals surface area contributed by atoms with Gasteiger partial charge in [-0.2, -0.15) is 0 Å². The summed E-state index contributed by atoms with van der Waals surface area (Å²) in [5.41, 5.74) is 1.44. The lowest BCUT2D eigenvalue weighted by molar-refractivity contribution is -0.0576. The molecule has 1 nitrogen and oxygen atoms in total. The Bertz CT molecular complexity index is 440. The van der Waals surface area contributed by atoms with Gasteiger partial charge in [0.25, 0.3) is 0 Å². The van der Waals surface area contributed by atoms with E-state index >= 15 is 0 Å². The fourth-order valence-electron chi connectivity index (χ4n) is 5.72. The number of benzene rings is 1. The third-order valence-corrected chi connectivity index (χ3v) is 5.95. The van der Waals surface area contributed by atoms with Crippen LogP contribution in [0.5, 0.6) is 0 Å². The Balaban J connectivity index is 1.72. The van der Waals surface area contributed by atoms with Gasteiger partial charge in [-0.15, -0.1) is 0 Å². The fraction of sp³-hybridized carbons (Fsp3) is 0.611. The van der Waals surface area contributed by atoms with Gasteiger partial charge in [-0.25, -0.2) is 0 Å². The molecule has 0 saturated heterocycles. The standard InChI is InChI=1S/C18H21O/c19-12-17(16-4-2-1-3-5-16)18-9-13-6-14(10-18)8-15(7-13)11-18/h1-5,13-15,17H,6-11H2. The topological polar surface area (TPSA) is 17.1 Å². The number of hydrogen-bond acceptors (Lipinski definition) is 1. The molecule has 1 aromatic carbocycles. The zero-order chi connectivity index (χ0) is 12.9. The fourth-order valence-corrected chi connectivity index (χ4v) is 5.72. The molecule has 1 aromatic rings. The van der Waals surface area contributed by atoms with Crippen LogP contribution in [0.2, 0.25) is 0 Å². The van der Waals surface area contributed by atoms with Crippen LogP contribution in [-0.4, -0.2) is 6.29 Å². The lowest BCUT2D eigenvalue weighted by Crippen LogP contribution is -2.49. The SMILES string of the molecule is O=[C]C(c1ccccc1)C12CC3CC(CC(C3)C1)C2. The molecule has 4 saturated carbocycles. The zero-order valence-corrected chi connectivity index (χ0v) is 11.3. The molecule has 1 atom stereocenters. The second-order valence-electron chi connectivity index (χ2n) is 7.24. The van der Waals surface area contributed by atoms with Crippen molar-refractivity contribution in [3.63, 3.8) is 0 Å². The monoisotopic (exact) mass is 253 g/mol. The van der Waals surface area contributed by atoms with Crippen molar-refractivity contribution >= 4 is 6.29 Å². The van der Waals surface area contributed by atoms with Crippen LogP contribution in [0.15, 0.2) is 30.3 Å². The minimum Gasteiger partial charge on any atom is -0.290 e. The third kappa shape index (κ3) is 1.78. The predicted octanol–water partition coefficient (Wildman–Crippen LogP) is 4.10.